The minimum atomic E-state index is -0.0531. The normalized spacial score (nSPS) is 18.4. The summed E-state index contributed by atoms with van der Waals surface area (Å²) in [5.41, 5.74) is 0.254. The number of rotatable bonds is 10. The van der Waals surface area contributed by atoms with Gasteiger partial charge >= 0.3 is 5.97 Å². The van der Waals surface area contributed by atoms with Gasteiger partial charge in [-0.1, -0.05) is 20.8 Å². The highest BCUT2D eigenvalue weighted by Crippen LogP contribution is 2.51. The Balaban J connectivity index is 2.25. The molecule has 0 bridgehead atoms. The van der Waals surface area contributed by atoms with Crippen LogP contribution in [0.4, 0.5) is 0 Å². The zero-order chi connectivity index (χ0) is 14.3. The van der Waals surface area contributed by atoms with Crippen LogP contribution in [0.5, 0.6) is 0 Å². The van der Waals surface area contributed by atoms with E-state index in [1.165, 1.54) is 26.4 Å². The molecule has 112 valence electrons. The Hall–Kier alpha value is -0.220. The monoisotopic (exact) mass is 287 g/mol. The lowest BCUT2D eigenvalue weighted by Gasteiger charge is -2.23. The Morgan fingerprint density at radius 3 is 2.58 bits per heavy atom. The predicted molar refractivity (Wildman–Crippen MR) is 82.5 cm³/mol. The van der Waals surface area contributed by atoms with Crippen LogP contribution >= 0.6 is 11.8 Å². The predicted octanol–water partition coefficient (Wildman–Crippen LogP) is 3.09. The number of methoxy groups -OCH3 is 1. The van der Waals surface area contributed by atoms with E-state index in [4.69, 9.17) is 4.74 Å². The largest absolute Gasteiger partial charge is 0.469 e. The summed E-state index contributed by atoms with van der Waals surface area (Å²) in [4.78, 5) is 11.4. The summed E-state index contributed by atoms with van der Waals surface area (Å²) < 4.78 is 4.78. The number of ether oxygens (including phenoxy) is 1. The molecule has 0 aromatic rings. The Labute approximate surface area is 122 Å². The molecule has 1 N–H and O–H groups in total. The molecule has 0 spiro atoms. The maximum absolute atomic E-state index is 11.4. The average Bonchev–Trinajstić information content (AvgIpc) is 3.13. The topological polar surface area (TPSA) is 38.3 Å². The molecule has 1 unspecified atom stereocenters. The second-order valence-electron chi connectivity index (χ2n) is 6.07. The number of hydrogen-bond acceptors (Lipinski definition) is 4. The van der Waals surface area contributed by atoms with Gasteiger partial charge in [0, 0.05) is 11.8 Å². The van der Waals surface area contributed by atoms with Crippen molar-refractivity contribution in [2.24, 2.45) is 11.3 Å². The summed E-state index contributed by atoms with van der Waals surface area (Å²) in [5, 5.41) is 3.62. The Morgan fingerprint density at radius 2 is 2.11 bits per heavy atom. The van der Waals surface area contributed by atoms with Gasteiger partial charge in [0.15, 0.2) is 0 Å². The van der Waals surface area contributed by atoms with Crippen LogP contribution in [0.1, 0.15) is 46.5 Å². The summed E-state index contributed by atoms with van der Waals surface area (Å²) >= 11 is 1.99. The fraction of sp³-hybridized carbons (Fsp3) is 0.933. The van der Waals surface area contributed by atoms with Crippen LogP contribution in [0.2, 0.25) is 0 Å². The van der Waals surface area contributed by atoms with Gasteiger partial charge in [0.2, 0.25) is 0 Å². The Morgan fingerprint density at radius 1 is 1.42 bits per heavy atom. The SMILES string of the molecule is CCCNC(CSCC1(CC(=O)OC)CC1)C(C)C. The number of hydrogen-bond donors (Lipinski definition) is 1. The third kappa shape index (κ3) is 6.17. The quantitative estimate of drug-likeness (QED) is 0.627. The highest BCUT2D eigenvalue weighted by atomic mass is 32.2. The highest BCUT2D eigenvalue weighted by molar-refractivity contribution is 7.99. The molecule has 1 saturated carbocycles. The highest BCUT2D eigenvalue weighted by Gasteiger charge is 2.44. The van der Waals surface area contributed by atoms with Crippen LogP contribution < -0.4 is 5.32 Å². The van der Waals surface area contributed by atoms with E-state index in [0.717, 1.165) is 18.1 Å². The lowest BCUT2D eigenvalue weighted by Crippen LogP contribution is -2.36. The van der Waals surface area contributed by atoms with Crippen LogP contribution in [-0.2, 0) is 9.53 Å². The average molecular weight is 287 g/mol. The fourth-order valence-electron chi connectivity index (χ4n) is 2.15. The molecule has 4 heteroatoms. The molecule has 0 aliphatic heterocycles. The standard InChI is InChI=1S/C15H29NO2S/c1-5-8-16-13(12(2)3)10-19-11-15(6-7-15)9-14(17)18-4/h12-13,16H,5-11H2,1-4H3. The van der Waals surface area contributed by atoms with Crippen molar-refractivity contribution < 1.29 is 9.53 Å². The minimum Gasteiger partial charge on any atom is -0.469 e. The number of nitrogens with one attached hydrogen (secondary N) is 1. The molecule has 0 heterocycles. The zero-order valence-electron chi connectivity index (χ0n) is 12.8. The van der Waals surface area contributed by atoms with Crippen LogP contribution in [0.25, 0.3) is 0 Å². The molecule has 3 nitrogen and oxygen atoms in total. The first kappa shape index (κ1) is 16.8. The van der Waals surface area contributed by atoms with Crippen molar-refractivity contribution in [3.05, 3.63) is 0 Å². The minimum absolute atomic E-state index is 0.0531. The van der Waals surface area contributed by atoms with Gasteiger partial charge in [-0.05, 0) is 42.9 Å². The van der Waals surface area contributed by atoms with Crippen LogP contribution in [0, 0.1) is 11.3 Å². The smallest absolute Gasteiger partial charge is 0.306 e. The molecule has 0 radical (unpaired) electrons. The van der Waals surface area contributed by atoms with Crippen molar-refractivity contribution in [1.82, 2.24) is 5.32 Å². The molecule has 0 aromatic carbocycles. The Bertz CT molecular complexity index is 277. The van der Waals surface area contributed by atoms with Gasteiger partial charge in [-0.3, -0.25) is 4.79 Å². The molecular formula is C15H29NO2S. The van der Waals surface area contributed by atoms with E-state index in [9.17, 15) is 4.79 Å². The van der Waals surface area contributed by atoms with E-state index in [1.807, 2.05) is 11.8 Å². The molecule has 1 rings (SSSR count). The lowest BCUT2D eigenvalue weighted by molar-refractivity contribution is -0.141. The zero-order valence-corrected chi connectivity index (χ0v) is 13.6. The Kier molecular flexibility index (Phi) is 7.22. The summed E-state index contributed by atoms with van der Waals surface area (Å²) in [6.45, 7) is 7.84. The van der Waals surface area contributed by atoms with E-state index in [0.29, 0.717) is 18.4 Å². The molecule has 0 amide bonds. The van der Waals surface area contributed by atoms with Gasteiger partial charge in [-0.2, -0.15) is 11.8 Å². The summed E-state index contributed by atoms with van der Waals surface area (Å²) in [6.07, 6.45) is 4.15. The molecule has 19 heavy (non-hydrogen) atoms. The van der Waals surface area contributed by atoms with Gasteiger partial charge in [0.05, 0.1) is 13.5 Å². The lowest BCUT2D eigenvalue weighted by atomic mass is 10.1. The second kappa shape index (κ2) is 8.15. The number of carbonyl (C=O) groups is 1. The van der Waals surface area contributed by atoms with Crippen LogP contribution in [0.15, 0.2) is 0 Å². The first-order chi connectivity index (χ1) is 9.03. The van der Waals surface area contributed by atoms with Crippen molar-refractivity contribution >= 4 is 17.7 Å². The third-order valence-electron chi connectivity index (χ3n) is 3.87. The second-order valence-corrected chi connectivity index (χ2v) is 7.10. The molecule has 1 atom stereocenters. The van der Waals surface area contributed by atoms with E-state index < -0.39 is 0 Å². The van der Waals surface area contributed by atoms with Gasteiger partial charge < -0.3 is 10.1 Å². The van der Waals surface area contributed by atoms with E-state index in [-0.39, 0.29) is 11.4 Å². The van der Waals surface area contributed by atoms with Gasteiger partial charge in [-0.25, -0.2) is 0 Å². The van der Waals surface area contributed by atoms with E-state index in [2.05, 4.69) is 26.1 Å². The van der Waals surface area contributed by atoms with Crippen molar-refractivity contribution in [1.29, 1.82) is 0 Å². The fourth-order valence-corrected chi connectivity index (χ4v) is 3.84. The van der Waals surface area contributed by atoms with Crippen LogP contribution in [0.3, 0.4) is 0 Å². The van der Waals surface area contributed by atoms with Gasteiger partial charge in [-0.15, -0.1) is 0 Å². The van der Waals surface area contributed by atoms with Crippen molar-refractivity contribution in [2.45, 2.75) is 52.5 Å². The van der Waals surface area contributed by atoms with E-state index >= 15 is 0 Å². The molecule has 0 saturated heterocycles. The number of carbonyl (C=O) groups excluding carboxylic acids is 1. The van der Waals surface area contributed by atoms with Gasteiger partial charge in [0.25, 0.3) is 0 Å². The summed E-state index contributed by atoms with van der Waals surface area (Å²) in [5.74, 6) is 2.84. The molecule has 1 fully saturated rings. The van der Waals surface area contributed by atoms with Crippen LogP contribution in [-0.4, -0.2) is 37.2 Å². The van der Waals surface area contributed by atoms with Crippen molar-refractivity contribution in [3.8, 4) is 0 Å². The third-order valence-corrected chi connectivity index (χ3v) is 5.28. The summed E-state index contributed by atoms with van der Waals surface area (Å²) in [7, 11) is 1.48. The maximum Gasteiger partial charge on any atom is 0.306 e. The molecule has 1 aliphatic rings. The molecular weight excluding hydrogens is 258 g/mol. The first-order valence-electron chi connectivity index (χ1n) is 7.41. The van der Waals surface area contributed by atoms with Crippen molar-refractivity contribution in [3.63, 3.8) is 0 Å². The van der Waals surface area contributed by atoms with Gasteiger partial charge in [0.1, 0.15) is 0 Å². The molecule has 0 aromatic heterocycles. The summed E-state index contributed by atoms with van der Waals surface area (Å²) in [6, 6.07) is 0.582. The van der Waals surface area contributed by atoms with E-state index in [1.54, 1.807) is 0 Å². The number of thioether (sulfide) groups is 1. The maximum atomic E-state index is 11.4. The first-order valence-corrected chi connectivity index (χ1v) is 8.56. The molecule has 1 aliphatic carbocycles. The van der Waals surface area contributed by atoms with Crippen molar-refractivity contribution in [2.75, 3.05) is 25.2 Å². The number of esters is 1.